The molecule has 142 valence electrons. The Morgan fingerprint density at radius 1 is 1.15 bits per heavy atom. The number of fused-ring (bicyclic) bond motifs is 2. The van der Waals surface area contributed by atoms with E-state index in [-0.39, 0.29) is 12.2 Å². The van der Waals surface area contributed by atoms with Crippen LogP contribution in [0.4, 0.5) is 14.0 Å². The van der Waals surface area contributed by atoms with E-state index in [0.717, 1.165) is 24.2 Å². The SMILES string of the molecule is COC(=O)N1[C@H]2C=CC(=O)[C@](OCc3ccccc3F)(C=C2)N1C(=O)OC. The lowest BCUT2D eigenvalue weighted by atomic mass is 10.1. The molecule has 0 radical (unpaired) electrons. The summed E-state index contributed by atoms with van der Waals surface area (Å²) in [7, 11) is 2.24. The van der Waals surface area contributed by atoms with Crippen molar-refractivity contribution < 1.29 is 33.0 Å². The predicted octanol–water partition coefficient (Wildman–Crippen LogP) is 2.17. The first-order valence-corrected chi connectivity index (χ1v) is 7.99. The molecule has 1 aromatic carbocycles. The van der Waals surface area contributed by atoms with E-state index in [9.17, 15) is 18.8 Å². The zero-order valence-corrected chi connectivity index (χ0v) is 14.6. The van der Waals surface area contributed by atoms with E-state index in [1.165, 1.54) is 42.5 Å². The Morgan fingerprint density at radius 3 is 2.52 bits per heavy atom. The van der Waals surface area contributed by atoms with Crippen LogP contribution in [0.25, 0.3) is 0 Å². The van der Waals surface area contributed by atoms with E-state index >= 15 is 0 Å². The summed E-state index contributed by atoms with van der Waals surface area (Å²) in [6.45, 7) is -0.330. The quantitative estimate of drug-likeness (QED) is 0.752. The van der Waals surface area contributed by atoms with Gasteiger partial charge in [0.05, 0.1) is 26.9 Å². The van der Waals surface area contributed by atoms with Gasteiger partial charge in [0.2, 0.25) is 11.5 Å². The number of hydrazine groups is 1. The molecule has 9 heteroatoms. The van der Waals surface area contributed by atoms with Gasteiger partial charge >= 0.3 is 12.2 Å². The second kappa shape index (κ2) is 7.20. The van der Waals surface area contributed by atoms with Gasteiger partial charge in [-0.3, -0.25) is 4.79 Å². The molecule has 0 aromatic heterocycles. The lowest BCUT2D eigenvalue weighted by Crippen LogP contribution is -2.67. The van der Waals surface area contributed by atoms with Gasteiger partial charge in [-0.2, -0.15) is 10.0 Å². The number of nitrogens with zero attached hydrogens (tertiary/aromatic N) is 2. The number of amides is 2. The fraction of sp³-hybridized carbons (Fsp3) is 0.278. The molecule has 0 N–H and O–H groups in total. The smallest absolute Gasteiger partial charge is 0.432 e. The summed E-state index contributed by atoms with van der Waals surface area (Å²) in [6.07, 6.45) is 3.57. The summed E-state index contributed by atoms with van der Waals surface area (Å²) >= 11 is 0. The summed E-state index contributed by atoms with van der Waals surface area (Å²) in [4.78, 5) is 37.5. The molecule has 2 bridgehead atoms. The fourth-order valence-corrected chi connectivity index (χ4v) is 2.90. The average Bonchev–Trinajstić information content (AvgIpc) is 2.92. The number of ketones is 1. The van der Waals surface area contributed by atoms with Crippen LogP contribution in [0, 0.1) is 5.82 Å². The van der Waals surface area contributed by atoms with Crippen LogP contribution in [0.1, 0.15) is 5.56 Å². The zero-order chi connectivity index (χ0) is 19.6. The maximum absolute atomic E-state index is 14.0. The van der Waals surface area contributed by atoms with Crippen LogP contribution in [0.5, 0.6) is 0 Å². The van der Waals surface area contributed by atoms with Gasteiger partial charge in [-0.15, -0.1) is 0 Å². The Hall–Kier alpha value is -3.20. The second-order valence-electron chi connectivity index (χ2n) is 5.75. The van der Waals surface area contributed by atoms with Crippen LogP contribution < -0.4 is 0 Å². The van der Waals surface area contributed by atoms with Crippen molar-refractivity contribution in [2.24, 2.45) is 0 Å². The van der Waals surface area contributed by atoms with Gasteiger partial charge < -0.3 is 14.2 Å². The molecule has 2 aliphatic heterocycles. The van der Waals surface area contributed by atoms with E-state index in [4.69, 9.17) is 14.2 Å². The highest BCUT2D eigenvalue weighted by Crippen LogP contribution is 2.35. The molecule has 3 aliphatic rings. The number of hydrogen-bond donors (Lipinski definition) is 0. The zero-order valence-electron chi connectivity index (χ0n) is 14.6. The van der Waals surface area contributed by atoms with Gasteiger partial charge in [-0.05, 0) is 18.2 Å². The molecule has 1 aromatic rings. The fourth-order valence-electron chi connectivity index (χ4n) is 2.90. The highest BCUT2D eigenvalue weighted by Gasteiger charge is 2.55. The first-order chi connectivity index (χ1) is 12.9. The van der Waals surface area contributed by atoms with Crippen LogP contribution in [0.15, 0.2) is 48.6 Å². The Kier molecular flexibility index (Phi) is 4.95. The van der Waals surface area contributed by atoms with Crippen molar-refractivity contribution in [1.82, 2.24) is 10.0 Å². The van der Waals surface area contributed by atoms with Crippen LogP contribution >= 0.6 is 0 Å². The molecular weight excluding hydrogens is 359 g/mol. The van der Waals surface area contributed by atoms with Crippen molar-refractivity contribution in [2.75, 3.05) is 14.2 Å². The summed E-state index contributed by atoms with van der Waals surface area (Å²) in [5.41, 5.74) is -1.84. The van der Waals surface area contributed by atoms with Gasteiger partial charge in [0.25, 0.3) is 0 Å². The number of methoxy groups -OCH3 is 2. The number of ether oxygens (including phenoxy) is 3. The maximum atomic E-state index is 14.0. The molecule has 2 amide bonds. The monoisotopic (exact) mass is 376 g/mol. The molecule has 0 spiro atoms. The van der Waals surface area contributed by atoms with Crippen LogP contribution in [-0.2, 0) is 25.6 Å². The predicted molar refractivity (Wildman–Crippen MR) is 89.5 cm³/mol. The lowest BCUT2D eigenvalue weighted by molar-refractivity contribution is -0.194. The Balaban J connectivity index is 2.05. The van der Waals surface area contributed by atoms with E-state index in [1.807, 2.05) is 0 Å². The number of carbonyl (C=O) groups excluding carboxylic acids is 3. The van der Waals surface area contributed by atoms with Crippen molar-refractivity contribution in [2.45, 2.75) is 18.4 Å². The molecule has 4 rings (SSSR count). The topological polar surface area (TPSA) is 85.4 Å². The molecule has 2 heterocycles. The number of rotatable bonds is 3. The minimum Gasteiger partial charge on any atom is -0.451 e. The molecule has 0 fully saturated rings. The minimum atomic E-state index is -2.02. The standard InChI is InChI=1S/C18H17FN2O6/c1-25-16(23)20-13-7-8-15(22)18(10-9-13,21(20)17(24)26-2)27-11-12-5-3-4-6-14(12)19/h3-10,13H,11H2,1-2H3/t13-,18+/m0/s1. The first kappa shape index (κ1) is 18.6. The summed E-state index contributed by atoms with van der Waals surface area (Å²) in [6, 6.07) is 5.10. The average molecular weight is 376 g/mol. The van der Waals surface area contributed by atoms with E-state index in [2.05, 4.69) is 0 Å². The van der Waals surface area contributed by atoms with Gasteiger partial charge in [0.1, 0.15) is 5.82 Å². The summed E-state index contributed by atoms with van der Waals surface area (Å²) in [5, 5.41) is 1.65. The summed E-state index contributed by atoms with van der Waals surface area (Å²) in [5.74, 6) is -1.16. The largest absolute Gasteiger partial charge is 0.451 e. The third-order valence-electron chi connectivity index (χ3n) is 4.24. The third-order valence-corrected chi connectivity index (χ3v) is 4.24. The Morgan fingerprint density at radius 2 is 1.85 bits per heavy atom. The number of halogens is 1. The van der Waals surface area contributed by atoms with E-state index in [1.54, 1.807) is 6.07 Å². The van der Waals surface area contributed by atoms with Gasteiger partial charge in [0, 0.05) is 5.56 Å². The third kappa shape index (κ3) is 3.06. The molecule has 0 unspecified atom stereocenters. The van der Waals surface area contributed by atoms with Crippen molar-refractivity contribution in [3.8, 4) is 0 Å². The van der Waals surface area contributed by atoms with Crippen molar-refractivity contribution in [3.05, 3.63) is 60.0 Å². The van der Waals surface area contributed by atoms with Crippen LogP contribution in [0.2, 0.25) is 0 Å². The summed E-state index contributed by atoms with van der Waals surface area (Å²) < 4.78 is 29.1. The van der Waals surface area contributed by atoms with Crippen molar-refractivity contribution in [1.29, 1.82) is 0 Å². The molecule has 1 aliphatic carbocycles. The molecular formula is C18H17FN2O6. The maximum Gasteiger partial charge on any atom is 0.432 e. The van der Waals surface area contributed by atoms with Gasteiger partial charge in [0.15, 0.2) is 0 Å². The normalized spacial score (nSPS) is 23.4. The lowest BCUT2D eigenvalue weighted by Gasteiger charge is -2.46. The number of carbonyl (C=O) groups is 3. The highest BCUT2D eigenvalue weighted by molar-refractivity contribution is 6.02. The van der Waals surface area contributed by atoms with Gasteiger partial charge in [-0.1, -0.05) is 30.4 Å². The molecule has 8 nitrogen and oxygen atoms in total. The Bertz CT molecular complexity index is 839. The Labute approximate surface area is 154 Å². The van der Waals surface area contributed by atoms with Gasteiger partial charge in [-0.25, -0.2) is 14.0 Å². The van der Waals surface area contributed by atoms with Crippen molar-refractivity contribution in [3.63, 3.8) is 0 Å². The molecule has 27 heavy (non-hydrogen) atoms. The number of hydrogen-bond acceptors (Lipinski definition) is 6. The van der Waals surface area contributed by atoms with E-state index in [0.29, 0.717) is 0 Å². The van der Waals surface area contributed by atoms with Crippen molar-refractivity contribution >= 4 is 18.0 Å². The molecule has 2 atom stereocenters. The van der Waals surface area contributed by atoms with Crippen LogP contribution in [-0.4, -0.2) is 54.0 Å². The second-order valence-corrected chi connectivity index (χ2v) is 5.75. The molecule has 0 saturated carbocycles. The number of benzene rings is 1. The first-order valence-electron chi connectivity index (χ1n) is 7.99. The minimum absolute atomic E-state index is 0.179. The highest BCUT2D eigenvalue weighted by atomic mass is 19.1. The molecule has 0 saturated heterocycles. The van der Waals surface area contributed by atoms with Crippen LogP contribution in [0.3, 0.4) is 0 Å². The van der Waals surface area contributed by atoms with E-state index < -0.39 is 35.6 Å².